The Labute approximate surface area is 168 Å². The largest absolute Gasteiger partial charge is 0.396 e. The SMILES string of the molecule is OCC1CCN(c2cc(-c3ccc(N4CCOCC4)c(F)c3)nc(Cl)n2)CC1. The van der Waals surface area contributed by atoms with Crippen molar-refractivity contribution in [1.82, 2.24) is 9.97 Å². The molecule has 3 heterocycles. The average Bonchev–Trinajstić information content (AvgIpc) is 2.74. The molecular formula is C20H24ClFN4O2. The summed E-state index contributed by atoms with van der Waals surface area (Å²) in [6.45, 7) is 4.42. The molecule has 0 amide bonds. The number of nitrogens with zero attached hydrogens (tertiary/aromatic N) is 4. The van der Waals surface area contributed by atoms with E-state index in [4.69, 9.17) is 16.3 Å². The van der Waals surface area contributed by atoms with E-state index in [2.05, 4.69) is 14.9 Å². The first-order valence-electron chi connectivity index (χ1n) is 9.67. The molecule has 2 fully saturated rings. The first-order valence-corrected chi connectivity index (χ1v) is 10.0. The van der Waals surface area contributed by atoms with Crippen molar-refractivity contribution in [3.63, 3.8) is 0 Å². The molecule has 1 N–H and O–H groups in total. The molecule has 28 heavy (non-hydrogen) atoms. The lowest BCUT2D eigenvalue weighted by molar-refractivity contribution is 0.122. The molecule has 0 saturated carbocycles. The van der Waals surface area contributed by atoms with E-state index < -0.39 is 0 Å². The monoisotopic (exact) mass is 406 g/mol. The lowest BCUT2D eigenvalue weighted by Crippen LogP contribution is -2.36. The van der Waals surface area contributed by atoms with Gasteiger partial charge in [-0.25, -0.2) is 14.4 Å². The minimum atomic E-state index is -0.278. The number of hydrogen-bond acceptors (Lipinski definition) is 6. The zero-order chi connectivity index (χ0) is 19.5. The second kappa shape index (κ2) is 8.59. The number of anilines is 2. The Kier molecular flexibility index (Phi) is 5.94. The van der Waals surface area contributed by atoms with Gasteiger partial charge in [0.1, 0.15) is 11.6 Å². The Morgan fingerprint density at radius 2 is 1.82 bits per heavy atom. The summed E-state index contributed by atoms with van der Waals surface area (Å²) in [6.07, 6.45) is 1.83. The van der Waals surface area contributed by atoms with Gasteiger partial charge in [0.25, 0.3) is 0 Å². The molecule has 150 valence electrons. The van der Waals surface area contributed by atoms with Crippen molar-refractivity contribution in [3.8, 4) is 11.3 Å². The highest BCUT2D eigenvalue weighted by Crippen LogP contribution is 2.30. The summed E-state index contributed by atoms with van der Waals surface area (Å²) in [6, 6.07) is 7.02. The van der Waals surface area contributed by atoms with Gasteiger partial charge in [-0.05, 0) is 42.5 Å². The van der Waals surface area contributed by atoms with Crippen LogP contribution in [0.2, 0.25) is 5.28 Å². The Balaban J connectivity index is 1.57. The van der Waals surface area contributed by atoms with Crippen LogP contribution in [0, 0.1) is 11.7 Å². The summed E-state index contributed by atoms with van der Waals surface area (Å²) in [4.78, 5) is 12.8. The fraction of sp³-hybridized carbons (Fsp3) is 0.500. The maximum absolute atomic E-state index is 14.8. The van der Waals surface area contributed by atoms with E-state index in [0.29, 0.717) is 49.2 Å². The number of aliphatic hydroxyl groups is 1. The highest BCUT2D eigenvalue weighted by molar-refractivity contribution is 6.28. The quantitative estimate of drug-likeness (QED) is 0.788. The van der Waals surface area contributed by atoms with Gasteiger partial charge < -0.3 is 19.6 Å². The Morgan fingerprint density at radius 3 is 2.50 bits per heavy atom. The van der Waals surface area contributed by atoms with Crippen LogP contribution in [0.4, 0.5) is 15.9 Å². The van der Waals surface area contributed by atoms with Crippen molar-refractivity contribution in [2.75, 3.05) is 55.8 Å². The first-order chi connectivity index (χ1) is 13.6. The maximum Gasteiger partial charge on any atom is 0.224 e. The highest BCUT2D eigenvalue weighted by Gasteiger charge is 2.21. The van der Waals surface area contributed by atoms with E-state index in [1.165, 1.54) is 6.07 Å². The molecule has 0 aliphatic carbocycles. The number of hydrogen-bond donors (Lipinski definition) is 1. The maximum atomic E-state index is 14.8. The standard InChI is InChI=1S/C20H24ClFN4O2/c21-20-23-17(12-19(24-20)26-5-3-14(13-27)4-6-26)15-1-2-18(16(22)11-15)25-7-9-28-10-8-25/h1-2,11-12,14,27H,3-10,13H2. The lowest BCUT2D eigenvalue weighted by atomic mass is 9.98. The molecule has 0 bridgehead atoms. The molecule has 8 heteroatoms. The van der Waals surface area contributed by atoms with Gasteiger partial charge in [0.15, 0.2) is 0 Å². The summed E-state index contributed by atoms with van der Waals surface area (Å²) in [5.74, 6) is 0.804. The molecule has 6 nitrogen and oxygen atoms in total. The van der Waals surface area contributed by atoms with Gasteiger partial charge in [0.2, 0.25) is 5.28 Å². The first kappa shape index (κ1) is 19.4. The van der Waals surface area contributed by atoms with Gasteiger partial charge in [0.05, 0.1) is 24.6 Å². The van der Waals surface area contributed by atoms with Crippen LogP contribution in [0.5, 0.6) is 0 Å². The summed E-state index contributed by atoms with van der Waals surface area (Å²) >= 11 is 6.16. The average molecular weight is 407 g/mol. The van der Waals surface area contributed by atoms with Crippen molar-refractivity contribution >= 4 is 23.1 Å². The predicted octanol–water partition coefficient (Wildman–Crippen LogP) is 2.98. The van der Waals surface area contributed by atoms with Crippen molar-refractivity contribution in [3.05, 3.63) is 35.4 Å². The predicted molar refractivity (Wildman–Crippen MR) is 107 cm³/mol. The third-order valence-electron chi connectivity index (χ3n) is 5.48. The second-order valence-corrected chi connectivity index (χ2v) is 7.60. The topological polar surface area (TPSA) is 61.7 Å². The number of aromatic nitrogens is 2. The fourth-order valence-electron chi connectivity index (χ4n) is 3.79. The van der Waals surface area contributed by atoms with Crippen LogP contribution in [-0.4, -0.2) is 61.1 Å². The van der Waals surface area contributed by atoms with Gasteiger partial charge in [0, 0.05) is 44.4 Å². The highest BCUT2D eigenvalue weighted by atomic mass is 35.5. The Hall–Kier alpha value is -1.96. The van der Waals surface area contributed by atoms with Crippen LogP contribution < -0.4 is 9.80 Å². The van der Waals surface area contributed by atoms with Crippen molar-refractivity contribution in [2.24, 2.45) is 5.92 Å². The van der Waals surface area contributed by atoms with Crippen LogP contribution in [0.15, 0.2) is 24.3 Å². The van der Waals surface area contributed by atoms with Gasteiger partial charge in [-0.1, -0.05) is 6.07 Å². The van der Waals surface area contributed by atoms with E-state index in [9.17, 15) is 9.50 Å². The molecule has 2 aromatic rings. The minimum Gasteiger partial charge on any atom is -0.396 e. The molecule has 1 aromatic heterocycles. The van der Waals surface area contributed by atoms with E-state index in [0.717, 1.165) is 31.7 Å². The zero-order valence-corrected chi connectivity index (χ0v) is 16.4. The summed E-state index contributed by atoms with van der Waals surface area (Å²) in [5, 5.41) is 9.46. The molecule has 4 rings (SSSR count). The van der Waals surface area contributed by atoms with Gasteiger partial charge in [-0.15, -0.1) is 0 Å². The van der Waals surface area contributed by atoms with Crippen LogP contribution in [0.3, 0.4) is 0 Å². The minimum absolute atomic E-state index is 0.148. The van der Waals surface area contributed by atoms with Crippen LogP contribution in [-0.2, 0) is 4.74 Å². The van der Waals surface area contributed by atoms with E-state index >= 15 is 0 Å². The summed E-state index contributed by atoms with van der Waals surface area (Å²) in [5.41, 5.74) is 1.86. The van der Waals surface area contributed by atoms with Crippen molar-refractivity contribution < 1.29 is 14.2 Å². The molecule has 0 radical (unpaired) electrons. The van der Waals surface area contributed by atoms with Gasteiger partial charge >= 0.3 is 0 Å². The van der Waals surface area contributed by atoms with E-state index in [-0.39, 0.29) is 17.7 Å². The number of piperidine rings is 1. The van der Waals surface area contributed by atoms with Crippen molar-refractivity contribution in [2.45, 2.75) is 12.8 Å². The smallest absolute Gasteiger partial charge is 0.224 e. The third-order valence-corrected chi connectivity index (χ3v) is 5.65. The fourth-order valence-corrected chi connectivity index (χ4v) is 3.96. The van der Waals surface area contributed by atoms with Crippen molar-refractivity contribution in [1.29, 1.82) is 0 Å². The molecule has 0 atom stereocenters. The van der Waals surface area contributed by atoms with Gasteiger partial charge in [-0.2, -0.15) is 0 Å². The Morgan fingerprint density at radius 1 is 1.07 bits per heavy atom. The zero-order valence-electron chi connectivity index (χ0n) is 15.7. The Bertz CT molecular complexity index is 824. The third kappa shape index (κ3) is 4.21. The van der Waals surface area contributed by atoms with Crippen LogP contribution in [0.1, 0.15) is 12.8 Å². The molecule has 2 saturated heterocycles. The molecule has 2 aliphatic heterocycles. The molecule has 1 aromatic carbocycles. The lowest BCUT2D eigenvalue weighted by Gasteiger charge is -2.32. The van der Waals surface area contributed by atoms with E-state index in [1.807, 2.05) is 17.0 Å². The number of morpholine rings is 1. The van der Waals surface area contributed by atoms with Crippen LogP contribution >= 0.6 is 11.6 Å². The molecular weight excluding hydrogens is 383 g/mol. The molecule has 0 spiro atoms. The second-order valence-electron chi connectivity index (χ2n) is 7.26. The number of benzene rings is 1. The van der Waals surface area contributed by atoms with E-state index in [1.54, 1.807) is 6.07 Å². The van der Waals surface area contributed by atoms with Crippen LogP contribution in [0.25, 0.3) is 11.3 Å². The number of aliphatic hydroxyl groups excluding tert-OH is 1. The molecule has 2 aliphatic rings. The number of rotatable bonds is 4. The molecule has 0 unspecified atom stereocenters. The number of halogens is 2. The van der Waals surface area contributed by atoms with Gasteiger partial charge in [-0.3, -0.25) is 0 Å². The summed E-state index contributed by atoms with van der Waals surface area (Å²) in [7, 11) is 0. The summed E-state index contributed by atoms with van der Waals surface area (Å²) < 4.78 is 20.1. The number of ether oxygens (including phenoxy) is 1. The normalized spacial score (nSPS) is 18.5.